The van der Waals surface area contributed by atoms with Gasteiger partial charge in [-0.1, -0.05) is 0 Å². The van der Waals surface area contributed by atoms with Crippen LogP contribution < -0.4 is 16.0 Å². The molecule has 8 rings (SSSR count). The van der Waals surface area contributed by atoms with E-state index in [1.807, 2.05) is 0 Å². The van der Waals surface area contributed by atoms with Crippen LogP contribution in [0.2, 0.25) is 0 Å². The van der Waals surface area contributed by atoms with Crippen molar-refractivity contribution >= 4 is 17.7 Å². The SMILES string of the molecule is CC(=O)N[C@H]1[C@H](OC[C@H]2O[C@@H](O[C@H]3[C@H](O)[C@@H](NC(C)=O)[C@H](O[C@H]4[C@@H](O)[C@@H](CO)O[C@@H](O[C@@H]([C@H](O)[C@@H](O)CO)[C@H](O)CO)[C@@H]4O)O[C@@H]3CO)[C@H](O)[C@@H](O[C@@H]3O[C@H](CO)[C@@H](O[C@@H]4O[C@H](CO)[C@H](O)[C@H](O)[C@H]4O)[C@H](O[C@@H]4O[C@@H](C)[C@@H](O)[C@@H](O)[C@@H]4O)[C@H]3NC(C)=O)[C@H]2O)O[C@H](CO)[C@@H](O[C@@H]2O[C@H](CO)[C@H](O)[C@H](O)[C@H]2O)[C@@H]1O. The van der Waals surface area contributed by atoms with Gasteiger partial charge >= 0.3 is 0 Å². The lowest BCUT2D eigenvalue weighted by Crippen LogP contribution is -2.71. The van der Waals surface area contributed by atoms with Crippen molar-refractivity contribution in [1.82, 2.24) is 16.0 Å². The number of carbonyl (C=O) groups is 3. The van der Waals surface area contributed by atoms with E-state index < -0.39 is 347 Å². The van der Waals surface area contributed by atoms with Crippen LogP contribution in [0.15, 0.2) is 0 Å². The summed E-state index contributed by atoms with van der Waals surface area (Å²) in [4.78, 5) is 39.4. The van der Waals surface area contributed by atoms with Gasteiger partial charge in [0.1, 0.15) is 213 Å². The van der Waals surface area contributed by atoms with Crippen molar-refractivity contribution in [2.24, 2.45) is 0 Å². The molecule has 3 amide bonds. The van der Waals surface area contributed by atoms with Crippen LogP contribution in [0.25, 0.3) is 0 Å². The number of aliphatic hydroxyl groups is 26. The van der Waals surface area contributed by atoms with Crippen molar-refractivity contribution in [2.45, 2.75) is 298 Å². The average molecular weight is 1590 g/mol. The predicted molar refractivity (Wildman–Crippen MR) is 333 cm³/mol. The van der Waals surface area contributed by atoms with Crippen molar-refractivity contribution in [3.8, 4) is 0 Å². The van der Waals surface area contributed by atoms with Crippen LogP contribution in [0.3, 0.4) is 0 Å². The monoisotopic (exact) mass is 1590 g/mol. The minimum atomic E-state index is -2.56. The lowest BCUT2D eigenvalue weighted by atomic mass is 9.93. The first-order valence-corrected chi connectivity index (χ1v) is 34.4. The summed E-state index contributed by atoms with van der Waals surface area (Å²) in [6.07, 6.45) is -85.0. The second-order valence-corrected chi connectivity index (χ2v) is 27.2. The molecule has 29 N–H and O–H groups in total. The third kappa shape index (κ3) is 20.1. The first-order valence-electron chi connectivity index (χ1n) is 34.4. The van der Waals surface area contributed by atoms with Gasteiger partial charge in [-0.15, -0.1) is 0 Å². The molecule has 0 aliphatic carbocycles. The fraction of sp³-hybridized carbons (Fsp3) is 0.950. The molecule has 8 aliphatic rings. The predicted octanol–water partition coefficient (Wildman–Crippen LogP) is -19.5. The molecule has 0 aromatic heterocycles. The summed E-state index contributed by atoms with van der Waals surface area (Å²) in [5, 5.41) is 291. The van der Waals surface area contributed by atoms with Crippen molar-refractivity contribution in [1.29, 1.82) is 0 Å². The normalized spacial score (nSPS) is 47.3. The molecule has 8 saturated heterocycles. The van der Waals surface area contributed by atoms with E-state index in [1.54, 1.807) is 0 Å². The third-order valence-corrected chi connectivity index (χ3v) is 19.6. The number of rotatable bonds is 31. The summed E-state index contributed by atoms with van der Waals surface area (Å²) in [5.74, 6) is -2.92. The Bertz CT molecular complexity index is 2770. The van der Waals surface area contributed by atoms with E-state index in [0.29, 0.717) is 0 Å². The molecule has 0 radical (unpaired) electrons. The molecule has 0 saturated carbocycles. The number of carbonyl (C=O) groups excluding carboxylic acids is 3. The molecular formula is C60H103N3O45. The van der Waals surface area contributed by atoms with Gasteiger partial charge in [0.2, 0.25) is 17.7 Å². The van der Waals surface area contributed by atoms with Gasteiger partial charge in [0, 0.05) is 20.8 Å². The highest BCUT2D eigenvalue weighted by molar-refractivity contribution is 5.74. The Hall–Kier alpha value is -3.27. The molecule has 0 spiro atoms. The Labute approximate surface area is 612 Å². The van der Waals surface area contributed by atoms with Gasteiger partial charge in [0.05, 0.1) is 65.6 Å². The Morgan fingerprint density at radius 1 is 0.315 bits per heavy atom. The van der Waals surface area contributed by atoms with E-state index in [9.17, 15) is 147 Å². The third-order valence-electron chi connectivity index (χ3n) is 19.6. The van der Waals surface area contributed by atoms with E-state index >= 15 is 0 Å². The average Bonchev–Trinajstić information content (AvgIpc) is 0.756. The molecule has 48 heteroatoms. The molecule has 0 unspecified atom stereocenters. The van der Waals surface area contributed by atoms with Gasteiger partial charge in [0.15, 0.2) is 50.3 Å². The van der Waals surface area contributed by atoms with Crippen LogP contribution in [0.4, 0.5) is 0 Å². The maximum atomic E-state index is 13.5. The summed E-state index contributed by atoms with van der Waals surface area (Å²) >= 11 is 0. The second kappa shape index (κ2) is 39.9. The molecule has 0 aromatic carbocycles. The first kappa shape index (κ1) is 90.3. The zero-order valence-corrected chi connectivity index (χ0v) is 58.2. The number of hydrogen-bond donors (Lipinski definition) is 29. The summed E-state index contributed by atoms with van der Waals surface area (Å²) in [6.45, 7) is -6.04. The van der Waals surface area contributed by atoms with E-state index in [0.717, 1.165) is 20.8 Å². The van der Waals surface area contributed by atoms with Gasteiger partial charge < -0.3 is 225 Å². The van der Waals surface area contributed by atoms with E-state index in [-0.39, 0.29) is 0 Å². The van der Waals surface area contributed by atoms with Gasteiger partial charge in [-0.3, -0.25) is 14.4 Å². The minimum absolute atomic E-state index is 0.907. The van der Waals surface area contributed by atoms with Gasteiger partial charge in [-0.05, 0) is 6.92 Å². The van der Waals surface area contributed by atoms with Gasteiger partial charge in [0.25, 0.3) is 0 Å². The van der Waals surface area contributed by atoms with Crippen LogP contribution in [0.1, 0.15) is 27.7 Å². The lowest BCUT2D eigenvalue weighted by molar-refractivity contribution is -0.394. The van der Waals surface area contributed by atoms with Crippen LogP contribution in [0, 0.1) is 0 Å². The zero-order chi connectivity index (χ0) is 79.9. The summed E-state index contributed by atoms with van der Waals surface area (Å²) in [7, 11) is 0. The molecule has 8 fully saturated rings. The molecular weight excluding hydrogens is 1480 g/mol. The minimum Gasteiger partial charge on any atom is -0.394 e. The van der Waals surface area contributed by atoms with Crippen LogP contribution >= 0.6 is 0 Å². The quantitative estimate of drug-likeness (QED) is 0.0306. The number of nitrogens with one attached hydrogen (secondary N) is 3. The fourth-order valence-electron chi connectivity index (χ4n) is 13.6. The largest absolute Gasteiger partial charge is 0.394 e. The van der Waals surface area contributed by atoms with Crippen molar-refractivity contribution < 1.29 is 223 Å². The Morgan fingerprint density at radius 3 is 1.09 bits per heavy atom. The second-order valence-electron chi connectivity index (χ2n) is 27.2. The number of aliphatic hydroxyl groups excluding tert-OH is 26. The highest BCUT2D eigenvalue weighted by Gasteiger charge is 2.61. The van der Waals surface area contributed by atoms with Crippen molar-refractivity contribution in [3.05, 3.63) is 0 Å². The fourth-order valence-corrected chi connectivity index (χ4v) is 13.6. The topological polar surface area (TPSA) is 761 Å². The van der Waals surface area contributed by atoms with Gasteiger partial charge in [-0.25, -0.2) is 0 Å². The summed E-state index contributed by atoms with van der Waals surface area (Å²) in [6, 6.07) is -5.91. The van der Waals surface area contributed by atoms with Crippen molar-refractivity contribution in [3.63, 3.8) is 0 Å². The zero-order valence-electron chi connectivity index (χ0n) is 58.2. The van der Waals surface area contributed by atoms with E-state index in [4.69, 9.17) is 75.8 Å². The number of ether oxygens (including phenoxy) is 16. The van der Waals surface area contributed by atoms with E-state index in [2.05, 4.69) is 16.0 Å². The molecule has 48 nitrogen and oxygen atoms in total. The first-order chi connectivity index (χ1) is 51.0. The number of amides is 3. The molecule has 44 atom stereocenters. The molecule has 628 valence electrons. The van der Waals surface area contributed by atoms with Crippen LogP contribution in [0.5, 0.6) is 0 Å². The smallest absolute Gasteiger partial charge is 0.217 e. The van der Waals surface area contributed by atoms with Crippen LogP contribution in [-0.4, -0.2) is 480 Å². The Kier molecular flexibility index (Phi) is 33.3. The molecule has 108 heavy (non-hydrogen) atoms. The number of hydrogen-bond acceptors (Lipinski definition) is 45. The molecule has 0 bridgehead atoms. The van der Waals surface area contributed by atoms with Crippen molar-refractivity contribution in [2.75, 3.05) is 59.5 Å². The highest BCUT2D eigenvalue weighted by Crippen LogP contribution is 2.40. The Morgan fingerprint density at radius 2 is 0.639 bits per heavy atom. The molecule has 8 heterocycles. The van der Waals surface area contributed by atoms with Gasteiger partial charge in [-0.2, -0.15) is 0 Å². The highest BCUT2D eigenvalue weighted by atomic mass is 16.8. The molecule has 0 aromatic rings. The Balaban J connectivity index is 1.16. The maximum Gasteiger partial charge on any atom is 0.217 e. The van der Waals surface area contributed by atoms with E-state index in [1.165, 1.54) is 6.92 Å². The van der Waals surface area contributed by atoms with Crippen LogP contribution in [-0.2, 0) is 90.2 Å². The lowest BCUT2D eigenvalue weighted by Gasteiger charge is -2.52. The summed E-state index contributed by atoms with van der Waals surface area (Å²) < 4.78 is 95.0. The molecule has 8 aliphatic heterocycles. The maximum absolute atomic E-state index is 13.5. The summed E-state index contributed by atoms with van der Waals surface area (Å²) in [5.41, 5.74) is 0. The standard InChI is InChI=1S/C60H103N3O45/c1-14-30(77)38(85)41(88)56(94-14)106-50-29(63-17(4)74)55(100-25(12-71)49(50)105-58-43(90)40(87)33(80)21(8-67)96-58)108-52-35(82)26(13-93-53-27(61-15(2)72)36(83)47(23(10-69)98-53)103-57-42(89)39(86)32(79)20(7-66)95-57)101-60(45(52)92)104-48-24(11-70)99-54(28(37(48)84)62-16(3)73)107-51-34(81)22(9-68)97-59(44(51)91)102-46(19(76)6-65)31(78)18(75)5-64/h14,18-60,64-71,75-92H,5-13H2,1-4H3,(H,61,72)(H,62,73)(H,63,74)/t14-,18-,19+,20+,21+,22+,23+,24+,25+,26+,27+,28+,29+,30+,31+,32-,33-,34-,35-,36+,37+,38+,39-,40-,41-,42+,43+,44+,45+,46+,47+,48+,49+,50+,51-,52-,53+,54-,55-,56-,57-,58-,59-,60-/m0/s1.